The van der Waals surface area contributed by atoms with Gasteiger partial charge in [-0.1, -0.05) is 23.2 Å². The summed E-state index contributed by atoms with van der Waals surface area (Å²) in [6.45, 7) is 0.943. The van der Waals surface area contributed by atoms with Crippen molar-refractivity contribution in [2.45, 2.75) is 6.18 Å². The first-order valence-corrected chi connectivity index (χ1v) is 8.54. The minimum absolute atomic E-state index is 0.188. The topological polar surface area (TPSA) is 67.4 Å². The normalized spacial score (nSPS) is 14.9. The molecule has 6 nitrogen and oxygen atoms in total. The van der Waals surface area contributed by atoms with E-state index in [1.165, 1.54) is 23.1 Å². The number of aromatic nitrogens is 2. The van der Waals surface area contributed by atoms with E-state index in [9.17, 15) is 18.0 Å². The highest BCUT2D eigenvalue weighted by atomic mass is 35.5. The molecule has 27 heavy (non-hydrogen) atoms. The molecule has 0 unspecified atom stereocenters. The van der Waals surface area contributed by atoms with Crippen LogP contribution in [0.3, 0.4) is 0 Å². The zero-order chi connectivity index (χ0) is 19.6. The molecule has 0 bridgehead atoms. The fourth-order valence-corrected chi connectivity index (χ4v) is 2.92. The van der Waals surface area contributed by atoms with Crippen molar-refractivity contribution in [3.8, 4) is 0 Å². The minimum Gasteiger partial charge on any atom is -0.378 e. The number of carbonyl (C=O) groups excluding carboxylic acids is 1. The molecule has 2 heterocycles. The van der Waals surface area contributed by atoms with Gasteiger partial charge in [0, 0.05) is 24.3 Å². The molecule has 11 heteroatoms. The molecular formula is C16H13Cl2F3N4O2. The number of benzene rings is 1. The van der Waals surface area contributed by atoms with Crippen molar-refractivity contribution in [1.29, 1.82) is 0 Å². The largest absolute Gasteiger partial charge is 0.434 e. The molecule has 1 N–H and O–H groups in total. The van der Waals surface area contributed by atoms with Gasteiger partial charge in [-0.05, 0) is 18.2 Å². The molecular weight excluding hydrogens is 408 g/mol. The number of anilines is 2. The lowest BCUT2D eigenvalue weighted by Gasteiger charge is -2.27. The third-order valence-electron chi connectivity index (χ3n) is 3.76. The Morgan fingerprint density at radius 1 is 1.22 bits per heavy atom. The molecule has 144 valence electrons. The molecule has 3 rings (SSSR count). The smallest absolute Gasteiger partial charge is 0.378 e. The number of ether oxygens (including phenoxy) is 1. The third-order valence-corrected chi connectivity index (χ3v) is 4.31. The Hall–Kier alpha value is -2.10. The van der Waals surface area contributed by atoms with Gasteiger partial charge in [0.1, 0.15) is 0 Å². The predicted molar refractivity (Wildman–Crippen MR) is 93.5 cm³/mol. The van der Waals surface area contributed by atoms with Gasteiger partial charge in [-0.3, -0.25) is 4.79 Å². The first kappa shape index (κ1) is 19.7. The highest BCUT2D eigenvalue weighted by Gasteiger charge is 2.39. The summed E-state index contributed by atoms with van der Waals surface area (Å²) in [6.07, 6.45) is -3.97. The molecule has 0 spiro atoms. The fourth-order valence-electron chi connectivity index (χ4n) is 2.46. The van der Waals surface area contributed by atoms with Gasteiger partial charge in [-0.25, -0.2) is 9.97 Å². The van der Waals surface area contributed by atoms with Gasteiger partial charge < -0.3 is 15.0 Å². The molecule has 2 aromatic rings. The van der Waals surface area contributed by atoms with Crippen molar-refractivity contribution < 1.29 is 22.7 Å². The number of alkyl halides is 3. The zero-order valence-corrected chi connectivity index (χ0v) is 15.2. The molecule has 0 aliphatic carbocycles. The summed E-state index contributed by atoms with van der Waals surface area (Å²) in [5.74, 6) is -1.13. The monoisotopic (exact) mass is 420 g/mol. The van der Waals surface area contributed by atoms with Crippen molar-refractivity contribution in [1.82, 2.24) is 14.9 Å². The van der Waals surface area contributed by atoms with Gasteiger partial charge >= 0.3 is 6.18 Å². The lowest BCUT2D eigenvalue weighted by Crippen LogP contribution is -2.41. The number of carbonyl (C=O) groups is 1. The minimum atomic E-state index is -4.83. The van der Waals surface area contributed by atoms with Gasteiger partial charge in [-0.2, -0.15) is 13.2 Å². The highest BCUT2D eigenvalue weighted by molar-refractivity contribution is 6.36. The lowest BCUT2D eigenvalue weighted by atomic mass is 10.2. The molecule has 1 aromatic heterocycles. The second-order valence-corrected chi connectivity index (χ2v) is 6.45. The summed E-state index contributed by atoms with van der Waals surface area (Å²) in [5.41, 5.74) is -1.65. The predicted octanol–water partition coefficient (Wildman–Crippen LogP) is 4.02. The van der Waals surface area contributed by atoms with Crippen molar-refractivity contribution in [3.63, 3.8) is 0 Å². The van der Waals surface area contributed by atoms with Crippen LogP contribution in [-0.4, -0.2) is 47.1 Å². The number of nitrogens with one attached hydrogen (secondary N) is 1. The second-order valence-electron chi connectivity index (χ2n) is 5.61. The Kier molecular flexibility index (Phi) is 5.73. The van der Waals surface area contributed by atoms with Crippen molar-refractivity contribution in [2.75, 3.05) is 31.6 Å². The number of nitrogens with zero attached hydrogens (tertiary/aromatic N) is 3. The molecule has 0 atom stereocenters. The summed E-state index contributed by atoms with van der Waals surface area (Å²) in [4.78, 5) is 21.1. The average Bonchev–Trinajstić information content (AvgIpc) is 2.63. The van der Waals surface area contributed by atoms with Crippen LogP contribution in [0.25, 0.3) is 0 Å². The Labute approximate surface area is 162 Å². The molecule has 1 saturated heterocycles. The number of hydrogen-bond donors (Lipinski definition) is 1. The van der Waals surface area contributed by atoms with Gasteiger partial charge in [0.05, 0.1) is 29.5 Å². The van der Waals surface area contributed by atoms with E-state index in [2.05, 4.69) is 15.3 Å². The molecule has 1 aliphatic rings. The number of morpholine rings is 1. The van der Waals surface area contributed by atoms with Crippen LogP contribution in [0.5, 0.6) is 0 Å². The molecule has 1 amide bonds. The van der Waals surface area contributed by atoms with Crippen molar-refractivity contribution in [3.05, 3.63) is 45.7 Å². The Balaban J connectivity index is 1.93. The molecule has 0 radical (unpaired) electrons. The van der Waals surface area contributed by atoms with Crippen LogP contribution in [0.1, 0.15) is 16.1 Å². The summed E-state index contributed by atoms with van der Waals surface area (Å²) in [6, 6.07) is 4.41. The van der Waals surface area contributed by atoms with Gasteiger partial charge in [0.15, 0.2) is 5.69 Å². The van der Waals surface area contributed by atoms with Crippen molar-refractivity contribution >= 4 is 40.7 Å². The maximum Gasteiger partial charge on any atom is 0.434 e. The first-order valence-electron chi connectivity index (χ1n) is 7.79. The van der Waals surface area contributed by atoms with E-state index in [4.69, 9.17) is 27.9 Å². The Bertz CT molecular complexity index is 858. The van der Waals surface area contributed by atoms with Crippen LogP contribution in [0.15, 0.2) is 24.4 Å². The van der Waals surface area contributed by atoms with Crippen LogP contribution in [-0.2, 0) is 10.9 Å². The number of halogens is 5. The number of hydrogen-bond acceptors (Lipinski definition) is 5. The maximum atomic E-state index is 13.5. The van der Waals surface area contributed by atoms with E-state index >= 15 is 0 Å². The summed E-state index contributed by atoms with van der Waals surface area (Å²) >= 11 is 11.8. The third kappa shape index (κ3) is 4.60. The zero-order valence-electron chi connectivity index (χ0n) is 13.7. The molecule has 1 aliphatic heterocycles. The van der Waals surface area contributed by atoms with Crippen LogP contribution >= 0.6 is 23.2 Å². The van der Waals surface area contributed by atoms with E-state index in [0.717, 1.165) is 6.20 Å². The molecule has 1 aromatic carbocycles. The first-order chi connectivity index (χ1) is 12.8. The van der Waals surface area contributed by atoms with Crippen LogP contribution in [0.2, 0.25) is 10.0 Å². The SMILES string of the molecule is O=C(c1cnc(Nc2ccc(Cl)cc2Cl)nc1C(F)(F)F)N1CCOCC1. The second kappa shape index (κ2) is 7.87. The quantitative estimate of drug-likeness (QED) is 0.811. The summed E-state index contributed by atoms with van der Waals surface area (Å²) in [7, 11) is 0. The summed E-state index contributed by atoms with van der Waals surface area (Å²) < 4.78 is 45.5. The van der Waals surface area contributed by atoms with Crippen LogP contribution < -0.4 is 5.32 Å². The van der Waals surface area contributed by atoms with Crippen LogP contribution in [0, 0.1) is 0 Å². The van der Waals surface area contributed by atoms with Gasteiger partial charge in [-0.15, -0.1) is 0 Å². The lowest BCUT2D eigenvalue weighted by molar-refractivity contribution is -0.141. The average molecular weight is 421 g/mol. The number of amides is 1. The van der Waals surface area contributed by atoms with E-state index in [-0.39, 0.29) is 43.0 Å². The van der Waals surface area contributed by atoms with E-state index in [1.54, 1.807) is 0 Å². The number of rotatable bonds is 3. The fraction of sp³-hybridized carbons (Fsp3) is 0.312. The van der Waals surface area contributed by atoms with Gasteiger partial charge in [0.2, 0.25) is 5.95 Å². The van der Waals surface area contributed by atoms with Crippen molar-refractivity contribution in [2.24, 2.45) is 0 Å². The maximum absolute atomic E-state index is 13.5. The van der Waals surface area contributed by atoms with Crippen LogP contribution in [0.4, 0.5) is 24.8 Å². The Morgan fingerprint density at radius 2 is 1.93 bits per heavy atom. The molecule has 0 saturated carbocycles. The summed E-state index contributed by atoms with van der Waals surface area (Å²) in [5, 5.41) is 3.16. The van der Waals surface area contributed by atoms with Gasteiger partial charge in [0.25, 0.3) is 5.91 Å². The van der Waals surface area contributed by atoms with E-state index < -0.39 is 23.3 Å². The molecule has 1 fully saturated rings. The highest BCUT2D eigenvalue weighted by Crippen LogP contribution is 2.33. The Morgan fingerprint density at radius 3 is 2.56 bits per heavy atom. The van der Waals surface area contributed by atoms with E-state index in [1.807, 2.05) is 0 Å². The van der Waals surface area contributed by atoms with E-state index in [0.29, 0.717) is 5.02 Å². The standard InChI is InChI=1S/C16H13Cl2F3N4O2/c17-9-1-2-12(11(18)7-9)23-15-22-8-10(13(24-15)16(19,20)21)14(26)25-3-5-27-6-4-25/h1-2,7-8H,3-6H2,(H,22,23,24).